The molecule has 86 valence electrons. The number of hydrogen-bond donors (Lipinski definition) is 4. The smallest absolute Gasteiger partial charge is 0.340 e. The number of hydrogen-bond acceptors (Lipinski definition) is 5. The summed E-state index contributed by atoms with van der Waals surface area (Å²) in [6.45, 7) is 2.30. The summed E-state index contributed by atoms with van der Waals surface area (Å²) in [7, 11) is 0. The molecule has 1 atom stereocenters. The van der Waals surface area contributed by atoms with Crippen LogP contribution in [-0.4, -0.2) is 26.8 Å². The third-order valence-electron chi connectivity index (χ3n) is 2.15. The second-order valence-corrected chi connectivity index (χ2v) is 4.31. The summed E-state index contributed by atoms with van der Waals surface area (Å²) in [5.41, 5.74) is 0.717. The molecule has 0 saturated heterocycles. The molecule has 0 fully saturated rings. The summed E-state index contributed by atoms with van der Waals surface area (Å²) in [6.07, 6.45) is -0.833. The number of aliphatic hydroxyl groups is 1. The minimum Gasteiger partial charge on any atom is -0.383 e. The van der Waals surface area contributed by atoms with E-state index in [1.165, 1.54) is 0 Å². The molecule has 0 aliphatic heterocycles. The summed E-state index contributed by atoms with van der Waals surface area (Å²) in [5, 5.41) is 21.7. The van der Waals surface area contributed by atoms with Crippen LogP contribution in [0.4, 0.5) is 5.00 Å². The van der Waals surface area contributed by atoms with Gasteiger partial charge in [-0.25, -0.2) is 9.89 Å². The highest BCUT2D eigenvalue weighted by molar-refractivity contribution is 7.14. The molecule has 0 spiro atoms. The summed E-state index contributed by atoms with van der Waals surface area (Å²) in [5.74, 6) is 0.242. The predicted molar refractivity (Wildman–Crippen MR) is 61.7 cm³/mol. The van der Waals surface area contributed by atoms with Crippen molar-refractivity contribution in [1.82, 2.24) is 15.2 Å². The van der Waals surface area contributed by atoms with E-state index in [-0.39, 0.29) is 5.82 Å². The fraction of sp³-hybridized carbons (Fsp3) is 0.333. The van der Waals surface area contributed by atoms with E-state index < -0.39 is 11.8 Å². The van der Waals surface area contributed by atoms with Gasteiger partial charge in [-0.1, -0.05) is 0 Å². The zero-order valence-corrected chi connectivity index (χ0v) is 9.47. The SMILES string of the molecule is Cc1ccsc1NCC(O)c1n[nH]c(=O)[nH]1. The molecule has 16 heavy (non-hydrogen) atoms. The minimum atomic E-state index is -0.833. The first-order valence-electron chi connectivity index (χ1n) is 4.77. The lowest BCUT2D eigenvalue weighted by atomic mass is 10.3. The molecule has 6 nitrogen and oxygen atoms in total. The van der Waals surface area contributed by atoms with Crippen LogP contribution in [0.15, 0.2) is 16.2 Å². The average Bonchev–Trinajstić information content (AvgIpc) is 2.84. The third-order valence-corrected chi connectivity index (χ3v) is 3.13. The molecule has 0 aromatic carbocycles. The zero-order valence-electron chi connectivity index (χ0n) is 8.65. The van der Waals surface area contributed by atoms with Crippen LogP contribution in [0.3, 0.4) is 0 Å². The van der Waals surface area contributed by atoms with E-state index in [1.54, 1.807) is 11.3 Å². The fourth-order valence-corrected chi connectivity index (χ4v) is 2.11. The number of H-pyrrole nitrogens is 2. The van der Waals surface area contributed by atoms with Crippen LogP contribution in [0.1, 0.15) is 17.5 Å². The third kappa shape index (κ3) is 2.31. The average molecular weight is 240 g/mol. The van der Waals surface area contributed by atoms with Crippen molar-refractivity contribution in [2.75, 3.05) is 11.9 Å². The molecule has 0 radical (unpaired) electrons. The number of aryl methyl sites for hydroxylation is 1. The van der Waals surface area contributed by atoms with Crippen LogP contribution in [0, 0.1) is 6.92 Å². The number of thiophene rings is 1. The Labute approximate surface area is 95.3 Å². The molecule has 0 aliphatic carbocycles. The molecule has 2 aromatic heterocycles. The standard InChI is InChI=1S/C9H12N4O2S/c1-5-2-3-16-8(5)10-4-6(14)7-11-9(15)13-12-7/h2-3,6,10,14H,4H2,1H3,(H2,11,12,13,15). The summed E-state index contributed by atoms with van der Waals surface area (Å²) in [4.78, 5) is 13.2. The normalized spacial score (nSPS) is 12.6. The Morgan fingerprint density at radius 2 is 2.50 bits per heavy atom. The second-order valence-electron chi connectivity index (χ2n) is 3.39. The number of nitrogens with zero attached hydrogens (tertiary/aromatic N) is 1. The van der Waals surface area contributed by atoms with Gasteiger partial charge in [-0.2, -0.15) is 5.10 Å². The van der Waals surface area contributed by atoms with Gasteiger partial charge in [0.2, 0.25) is 0 Å². The van der Waals surface area contributed by atoms with E-state index in [2.05, 4.69) is 20.5 Å². The van der Waals surface area contributed by atoms with E-state index in [0.717, 1.165) is 10.6 Å². The Kier molecular flexibility index (Phi) is 3.07. The Hall–Kier alpha value is -1.60. The molecule has 7 heteroatoms. The van der Waals surface area contributed by atoms with Crippen LogP contribution in [0.5, 0.6) is 0 Å². The molecule has 1 unspecified atom stereocenters. The second kappa shape index (κ2) is 4.50. The Balaban J connectivity index is 1.96. The van der Waals surface area contributed by atoms with Gasteiger partial charge in [0.15, 0.2) is 5.82 Å². The van der Waals surface area contributed by atoms with E-state index in [9.17, 15) is 9.90 Å². The van der Waals surface area contributed by atoms with Crippen molar-refractivity contribution in [3.05, 3.63) is 33.3 Å². The van der Waals surface area contributed by atoms with Gasteiger partial charge >= 0.3 is 5.69 Å². The largest absolute Gasteiger partial charge is 0.383 e. The molecule has 2 heterocycles. The van der Waals surface area contributed by atoms with Gasteiger partial charge in [-0.05, 0) is 23.9 Å². The van der Waals surface area contributed by atoms with Crippen LogP contribution in [0.25, 0.3) is 0 Å². The predicted octanol–water partition coefficient (Wildman–Crippen LogP) is 0.613. The molecule has 0 bridgehead atoms. The van der Waals surface area contributed by atoms with Crippen molar-refractivity contribution >= 4 is 16.3 Å². The Bertz CT molecular complexity index is 515. The van der Waals surface area contributed by atoms with Crippen molar-refractivity contribution in [2.45, 2.75) is 13.0 Å². The number of aliphatic hydroxyl groups excluding tert-OH is 1. The highest BCUT2D eigenvalue weighted by atomic mass is 32.1. The first-order valence-corrected chi connectivity index (χ1v) is 5.65. The van der Waals surface area contributed by atoms with Crippen molar-refractivity contribution in [1.29, 1.82) is 0 Å². The summed E-state index contributed by atoms with van der Waals surface area (Å²) < 4.78 is 0. The lowest BCUT2D eigenvalue weighted by Gasteiger charge is -2.09. The maximum atomic E-state index is 10.8. The van der Waals surface area contributed by atoms with Gasteiger partial charge in [0.05, 0.1) is 5.00 Å². The van der Waals surface area contributed by atoms with Gasteiger partial charge < -0.3 is 10.4 Å². The topological polar surface area (TPSA) is 93.8 Å². The van der Waals surface area contributed by atoms with Crippen LogP contribution in [0.2, 0.25) is 0 Å². The van der Waals surface area contributed by atoms with Gasteiger partial charge in [-0.15, -0.1) is 11.3 Å². The molecule has 0 saturated carbocycles. The lowest BCUT2D eigenvalue weighted by Crippen LogP contribution is -2.14. The number of aromatic nitrogens is 3. The molecular weight excluding hydrogens is 228 g/mol. The van der Waals surface area contributed by atoms with E-state index in [4.69, 9.17) is 0 Å². The monoisotopic (exact) mass is 240 g/mol. The van der Waals surface area contributed by atoms with Crippen LogP contribution < -0.4 is 11.0 Å². The van der Waals surface area contributed by atoms with Gasteiger partial charge in [0.1, 0.15) is 6.10 Å². The fourth-order valence-electron chi connectivity index (χ4n) is 1.28. The molecule has 2 aromatic rings. The van der Waals surface area contributed by atoms with Gasteiger partial charge in [0, 0.05) is 6.54 Å². The zero-order chi connectivity index (χ0) is 11.5. The van der Waals surface area contributed by atoms with Crippen molar-refractivity contribution < 1.29 is 5.11 Å². The maximum absolute atomic E-state index is 10.8. The first-order chi connectivity index (χ1) is 7.66. The van der Waals surface area contributed by atoms with Crippen molar-refractivity contribution in [2.24, 2.45) is 0 Å². The number of aromatic amines is 2. The van der Waals surface area contributed by atoms with E-state index in [1.807, 2.05) is 18.4 Å². The van der Waals surface area contributed by atoms with E-state index >= 15 is 0 Å². The van der Waals surface area contributed by atoms with Gasteiger partial charge in [-0.3, -0.25) is 4.98 Å². The van der Waals surface area contributed by atoms with Crippen molar-refractivity contribution in [3.8, 4) is 0 Å². The van der Waals surface area contributed by atoms with Crippen molar-refractivity contribution in [3.63, 3.8) is 0 Å². The first kappa shape index (κ1) is 10.9. The van der Waals surface area contributed by atoms with Gasteiger partial charge in [0.25, 0.3) is 0 Å². The quantitative estimate of drug-likeness (QED) is 0.630. The van der Waals surface area contributed by atoms with Crippen LogP contribution in [-0.2, 0) is 0 Å². The molecule has 0 amide bonds. The summed E-state index contributed by atoms with van der Waals surface area (Å²) in [6, 6.07) is 2.00. The minimum absolute atomic E-state index is 0.242. The highest BCUT2D eigenvalue weighted by Gasteiger charge is 2.11. The molecule has 2 rings (SSSR count). The number of rotatable bonds is 4. The molecule has 4 N–H and O–H groups in total. The molecular formula is C9H12N4O2S. The summed E-state index contributed by atoms with van der Waals surface area (Å²) >= 11 is 1.57. The Morgan fingerprint density at radius 3 is 3.06 bits per heavy atom. The number of anilines is 1. The Morgan fingerprint density at radius 1 is 1.69 bits per heavy atom. The molecule has 0 aliphatic rings. The maximum Gasteiger partial charge on any atom is 0.340 e. The van der Waals surface area contributed by atoms with E-state index in [0.29, 0.717) is 6.54 Å². The highest BCUT2D eigenvalue weighted by Crippen LogP contribution is 2.22. The van der Waals surface area contributed by atoms with Crippen LogP contribution >= 0.6 is 11.3 Å². The lowest BCUT2D eigenvalue weighted by molar-refractivity contribution is 0.182. The number of nitrogens with one attached hydrogen (secondary N) is 3.